The van der Waals surface area contributed by atoms with Crippen LogP contribution in [0.25, 0.3) is 0 Å². The summed E-state index contributed by atoms with van der Waals surface area (Å²) in [6, 6.07) is 10.2. The van der Waals surface area contributed by atoms with Gasteiger partial charge in [0, 0.05) is 18.8 Å². The van der Waals surface area contributed by atoms with Crippen molar-refractivity contribution in [2.24, 2.45) is 0 Å². The van der Waals surface area contributed by atoms with Crippen LogP contribution in [0.4, 0.5) is 5.69 Å². The van der Waals surface area contributed by atoms with Crippen molar-refractivity contribution >= 4 is 5.69 Å². The Morgan fingerprint density at radius 1 is 1.06 bits per heavy atom. The van der Waals surface area contributed by atoms with Crippen molar-refractivity contribution in [1.82, 2.24) is 0 Å². The summed E-state index contributed by atoms with van der Waals surface area (Å²) in [5.41, 5.74) is 1.16. The molecule has 0 saturated carbocycles. The number of benzene rings is 1. The maximum Gasteiger partial charge on any atom is 0.0703 e. The molecule has 0 aromatic heterocycles. The topological polar surface area (TPSA) is 30.5 Å². The lowest BCUT2D eigenvalue weighted by Gasteiger charge is -2.09. The third-order valence-electron chi connectivity index (χ3n) is 2.25. The van der Waals surface area contributed by atoms with Gasteiger partial charge in [-0.3, -0.25) is 0 Å². The Morgan fingerprint density at radius 2 is 1.82 bits per heavy atom. The second kappa shape index (κ2) is 9.02. The summed E-state index contributed by atoms with van der Waals surface area (Å²) < 4.78 is 10.8. The molecule has 1 rings (SSSR count). The van der Waals surface area contributed by atoms with Crippen molar-refractivity contribution in [2.75, 3.05) is 31.7 Å². The second-order valence-corrected chi connectivity index (χ2v) is 4.18. The molecular formula is C14H23NO2. The van der Waals surface area contributed by atoms with E-state index in [2.05, 4.69) is 17.4 Å². The number of rotatable bonds is 9. The maximum absolute atomic E-state index is 5.46. The minimum atomic E-state index is 0.290. The molecule has 3 nitrogen and oxygen atoms in total. The lowest BCUT2D eigenvalue weighted by molar-refractivity contribution is 0.0195. The fourth-order valence-corrected chi connectivity index (χ4v) is 1.41. The summed E-state index contributed by atoms with van der Waals surface area (Å²) in [4.78, 5) is 0. The van der Waals surface area contributed by atoms with E-state index in [1.807, 2.05) is 32.0 Å². The van der Waals surface area contributed by atoms with Gasteiger partial charge in [-0.2, -0.15) is 0 Å². The summed E-state index contributed by atoms with van der Waals surface area (Å²) in [6.07, 6.45) is 1.30. The molecule has 0 spiro atoms. The number of hydrogen-bond acceptors (Lipinski definition) is 3. The molecule has 17 heavy (non-hydrogen) atoms. The summed E-state index contributed by atoms with van der Waals surface area (Å²) in [5, 5.41) is 3.34. The van der Waals surface area contributed by atoms with Gasteiger partial charge in [0.2, 0.25) is 0 Å². The third kappa shape index (κ3) is 7.77. The number of para-hydroxylation sites is 1. The van der Waals surface area contributed by atoms with Gasteiger partial charge in [0.1, 0.15) is 0 Å². The third-order valence-corrected chi connectivity index (χ3v) is 2.25. The fraction of sp³-hybridized carbons (Fsp3) is 0.571. The molecule has 0 amide bonds. The first-order valence-electron chi connectivity index (χ1n) is 6.27. The quantitative estimate of drug-likeness (QED) is 0.670. The molecule has 0 aliphatic carbocycles. The van der Waals surface area contributed by atoms with E-state index in [1.165, 1.54) is 0 Å². The van der Waals surface area contributed by atoms with Gasteiger partial charge in [0.15, 0.2) is 0 Å². The number of nitrogens with one attached hydrogen (secondary N) is 1. The predicted molar refractivity (Wildman–Crippen MR) is 71.5 cm³/mol. The van der Waals surface area contributed by atoms with E-state index < -0.39 is 0 Å². The van der Waals surface area contributed by atoms with Crippen molar-refractivity contribution in [2.45, 2.75) is 26.4 Å². The molecule has 0 heterocycles. The Kier molecular flexibility index (Phi) is 7.43. The van der Waals surface area contributed by atoms with E-state index in [0.717, 1.165) is 25.3 Å². The highest BCUT2D eigenvalue weighted by atomic mass is 16.5. The molecule has 0 unspecified atom stereocenters. The monoisotopic (exact) mass is 237 g/mol. The molecule has 1 N–H and O–H groups in total. The first kappa shape index (κ1) is 14.0. The van der Waals surface area contributed by atoms with E-state index in [-0.39, 0.29) is 0 Å². The zero-order valence-corrected chi connectivity index (χ0v) is 10.8. The number of anilines is 1. The van der Waals surface area contributed by atoms with E-state index in [4.69, 9.17) is 9.47 Å². The smallest absolute Gasteiger partial charge is 0.0703 e. The SMILES string of the molecule is CC(C)OCCOCCCNc1ccccc1. The van der Waals surface area contributed by atoms with Gasteiger partial charge in [-0.25, -0.2) is 0 Å². The van der Waals surface area contributed by atoms with Gasteiger partial charge in [0.05, 0.1) is 19.3 Å². The van der Waals surface area contributed by atoms with Crippen molar-refractivity contribution in [3.05, 3.63) is 30.3 Å². The van der Waals surface area contributed by atoms with Crippen molar-refractivity contribution < 1.29 is 9.47 Å². The van der Waals surface area contributed by atoms with Gasteiger partial charge in [0.25, 0.3) is 0 Å². The van der Waals surface area contributed by atoms with Crippen LogP contribution < -0.4 is 5.32 Å². The number of hydrogen-bond donors (Lipinski definition) is 1. The molecule has 1 aromatic carbocycles. The minimum absolute atomic E-state index is 0.290. The fourth-order valence-electron chi connectivity index (χ4n) is 1.41. The van der Waals surface area contributed by atoms with Gasteiger partial charge >= 0.3 is 0 Å². The number of ether oxygens (including phenoxy) is 2. The average molecular weight is 237 g/mol. The molecule has 3 heteroatoms. The van der Waals surface area contributed by atoms with E-state index in [9.17, 15) is 0 Å². The summed E-state index contributed by atoms with van der Waals surface area (Å²) >= 11 is 0. The van der Waals surface area contributed by atoms with E-state index in [0.29, 0.717) is 19.3 Å². The molecule has 0 aliphatic heterocycles. The largest absolute Gasteiger partial charge is 0.385 e. The van der Waals surface area contributed by atoms with Crippen molar-refractivity contribution in [3.8, 4) is 0 Å². The van der Waals surface area contributed by atoms with Gasteiger partial charge in [-0.1, -0.05) is 18.2 Å². The zero-order valence-electron chi connectivity index (χ0n) is 10.8. The van der Waals surface area contributed by atoms with Crippen LogP contribution in [0.2, 0.25) is 0 Å². The van der Waals surface area contributed by atoms with Crippen molar-refractivity contribution in [1.29, 1.82) is 0 Å². The second-order valence-electron chi connectivity index (χ2n) is 4.18. The van der Waals surface area contributed by atoms with Gasteiger partial charge in [-0.05, 0) is 32.4 Å². The summed E-state index contributed by atoms with van der Waals surface area (Å²) in [6.45, 7) is 7.15. The van der Waals surface area contributed by atoms with Crippen LogP contribution in [0.3, 0.4) is 0 Å². The van der Waals surface area contributed by atoms with Crippen LogP contribution in [0, 0.1) is 0 Å². The molecule has 1 aromatic rings. The lowest BCUT2D eigenvalue weighted by atomic mass is 10.3. The molecular weight excluding hydrogens is 214 g/mol. The summed E-state index contributed by atoms with van der Waals surface area (Å²) in [5.74, 6) is 0. The summed E-state index contributed by atoms with van der Waals surface area (Å²) in [7, 11) is 0. The normalized spacial score (nSPS) is 10.8. The highest BCUT2D eigenvalue weighted by Crippen LogP contribution is 2.04. The van der Waals surface area contributed by atoms with Crippen LogP contribution in [-0.4, -0.2) is 32.5 Å². The molecule has 96 valence electrons. The van der Waals surface area contributed by atoms with Crippen LogP contribution in [-0.2, 0) is 9.47 Å². The first-order chi connectivity index (χ1) is 8.29. The van der Waals surface area contributed by atoms with Crippen LogP contribution in [0.15, 0.2) is 30.3 Å². The highest BCUT2D eigenvalue weighted by molar-refractivity contribution is 5.42. The Hall–Kier alpha value is -1.06. The molecule has 0 radical (unpaired) electrons. The van der Waals surface area contributed by atoms with Crippen LogP contribution in [0.5, 0.6) is 0 Å². The Balaban J connectivity index is 1.88. The van der Waals surface area contributed by atoms with Crippen LogP contribution in [0.1, 0.15) is 20.3 Å². The first-order valence-corrected chi connectivity index (χ1v) is 6.27. The van der Waals surface area contributed by atoms with Gasteiger partial charge < -0.3 is 14.8 Å². The molecule has 0 fully saturated rings. The Morgan fingerprint density at radius 3 is 2.53 bits per heavy atom. The van der Waals surface area contributed by atoms with Crippen LogP contribution >= 0.6 is 0 Å². The predicted octanol–water partition coefficient (Wildman–Crippen LogP) is 2.93. The molecule has 0 atom stereocenters. The standard InChI is InChI=1S/C14H23NO2/c1-13(2)17-12-11-16-10-6-9-15-14-7-4-3-5-8-14/h3-5,7-8,13,15H,6,9-12H2,1-2H3. The maximum atomic E-state index is 5.46. The van der Waals surface area contributed by atoms with E-state index in [1.54, 1.807) is 0 Å². The molecule has 0 aliphatic rings. The molecule has 0 bridgehead atoms. The van der Waals surface area contributed by atoms with Gasteiger partial charge in [-0.15, -0.1) is 0 Å². The zero-order chi connectivity index (χ0) is 12.3. The molecule has 0 saturated heterocycles. The minimum Gasteiger partial charge on any atom is -0.385 e. The Bertz CT molecular complexity index is 275. The Labute approximate surface area is 104 Å². The lowest BCUT2D eigenvalue weighted by Crippen LogP contribution is -2.11. The average Bonchev–Trinajstić information content (AvgIpc) is 2.33. The highest BCUT2D eigenvalue weighted by Gasteiger charge is 1.94. The van der Waals surface area contributed by atoms with Crippen molar-refractivity contribution in [3.63, 3.8) is 0 Å². The van der Waals surface area contributed by atoms with E-state index >= 15 is 0 Å².